The van der Waals surface area contributed by atoms with Gasteiger partial charge in [-0.15, -0.1) is 0 Å². The topological polar surface area (TPSA) is 112 Å². The Morgan fingerprint density at radius 2 is 2.00 bits per heavy atom. The number of hydrogen-bond donors (Lipinski definition) is 1. The van der Waals surface area contributed by atoms with Crippen LogP contribution in [-0.4, -0.2) is 88.0 Å². The van der Waals surface area contributed by atoms with Crippen LogP contribution < -0.4 is 10.5 Å². The highest BCUT2D eigenvalue weighted by Gasteiger charge is 2.28. The first-order valence-electron chi connectivity index (χ1n) is 12.1. The maximum atomic E-state index is 12.2. The van der Waals surface area contributed by atoms with Crippen LogP contribution in [0.1, 0.15) is 18.9 Å². The molecule has 35 heavy (non-hydrogen) atoms. The minimum atomic E-state index is -0.0651. The zero-order valence-electron chi connectivity index (χ0n) is 19.8. The van der Waals surface area contributed by atoms with E-state index in [1.807, 2.05) is 33.8 Å². The maximum absolute atomic E-state index is 12.2. The van der Waals surface area contributed by atoms with Crippen LogP contribution >= 0.6 is 0 Å². The number of piperidine rings is 1. The number of aromatic nitrogens is 4. The number of benzene rings is 1. The molecule has 3 aromatic rings. The average Bonchev–Trinajstić information content (AvgIpc) is 3.30. The van der Waals surface area contributed by atoms with Crippen LogP contribution in [-0.2, 0) is 9.53 Å². The molecule has 0 saturated carbocycles. The highest BCUT2D eigenvalue weighted by atomic mass is 16.5. The summed E-state index contributed by atoms with van der Waals surface area (Å²) in [6.45, 7) is 9.86. The minimum absolute atomic E-state index is 0.000920. The number of nitrogens with two attached hydrogens (primary N) is 1. The number of likely N-dealkylation sites (tertiary alicyclic amines) is 1. The summed E-state index contributed by atoms with van der Waals surface area (Å²) in [7, 11) is 0. The first-order chi connectivity index (χ1) is 17.1. The van der Waals surface area contributed by atoms with Gasteiger partial charge in [0.25, 0.3) is 0 Å². The molecule has 5 rings (SSSR count). The van der Waals surface area contributed by atoms with Gasteiger partial charge in [0.1, 0.15) is 30.2 Å². The highest BCUT2D eigenvalue weighted by Crippen LogP contribution is 2.34. The van der Waals surface area contributed by atoms with Crippen molar-refractivity contribution in [1.29, 1.82) is 0 Å². The quantitative estimate of drug-likeness (QED) is 0.515. The van der Waals surface area contributed by atoms with Crippen LogP contribution in [0.25, 0.3) is 22.3 Å². The Balaban J connectivity index is 1.36. The average molecular weight is 478 g/mol. The van der Waals surface area contributed by atoms with Crippen molar-refractivity contribution in [2.45, 2.75) is 18.9 Å². The van der Waals surface area contributed by atoms with E-state index in [2.05, 4.69) is 21.4 Å². The zero-order valence-corrected chi connectivity index (χ0v) is 19.8. The molecule has 2 N–H and O–H groups in total. The fraction of sp³-hybridized carbons (Fsp3) is 0.440. The molecule has 2 saturated heterocycles. The van der Waals surface area contributed by atoms with E-state index in [0.29, 0.717) is 24.6 Å². The van der Waals surface area contributed by atoms with Gasteiger partial charge in [0.15, 0.2) is 5.65 Å². The van der Waals surface area contributed by atoms with Gasteiger partial charge in [-0.05, 0) is 43.2 Å². The predicted octanol–water partition coefficient (Wildman–Crippen LogP) is 2.14. The van der Waals surface area contributed by atoms with Gasteiger partial charge in [-0.25, -0.2) is 14.6 Å². The monoisotopic (exact) mass is 477 g/mol. The molecule has 2 aliphatic rings. The second-order valence-corrected chi connectivity index (χ2v) is 8.86. The standard InChI is InChI=1S/C25H31N7O3/c1-2-21(33)31-9-3-4-19(16-31)32-25-22(24(26)27-17-28-25)23(29-32)18-5-7-20(8-6-18)35-15-12-30-10-13-34-14-11-30/h2,5-8,17,19H,1,3-4,9-16H2,(H2,26,27,28). The van der Waals surface area contributed by atoms with Crippen molar-refractivity contribution in [2.75, 3.05) is 58.3 Å². The number of hydrogen-bond acceptors (Lipinski definition) is 8. The maximum Gasteiger partial charge on any atom is 0.246 e. The predicted molar refractivity (Wildman–Crippen MR) is 133 cm³/mol. The first-order valence-corrected chi connectivity index (χ1v) is 12.1. The van der Waals surface area contributed by atoms with Crippen LogP contribution in [0.15, 0.2) is 43.2 Å². The highest BCUT2D eigenvalue weighted by molar-refractivity contribution is 5.98. The number of amides is 1. The van der Waals surface area contributed by atoms with E-state index < -0.39 is 0 Å². The van der Waals surface area contributed by atoms with Crippen molar-refractivity contribution >= 4 is 22.8 Å². The number of fused-ring (bicyclic) bond motifs is 1. The van der Waals surface area contributed by atoms with Gasteiger partial charge in [-0.1, -0.05) is 6.58 Å². The summed E-state index contributed by atoms with van der Waals surface area (Å²) in [6, 6.07) is 7.87. The Bertz CT molecular complexity index is 1190. The third kappa shape index (κ3) is 4.98. The van der Waals surface area contributed by atoms with Crippen molar-refractivity contribution in [3.63, 3.8) is 0 Å². The van der Waals surface area contributed by atoms with E-state index in [9.17, 15) is 4.79 Å². The van der Waals surface area contributed by atoms with Crippen LogP contribution in [0.4, 0.5) is 5.82 Å². The van der Waals surface area contributed by atoms with Crippen LogP contribution in [0, 0.1) is 0 Å². The lowest BCUT2D eigenvalue weighted by atomic mass is 10.1. The Morgan fingerprint density at radius 1 is 1.20 bits per heavy atom. The fourth-order valence-electron chi connectivity index (χ4n) is 4.76. The number of carbonyl (C=O) groups is 1. The van der Waals surface area contributed by atoms with E-state index in [1.165, 1.54) is 12.4 Å². The molecule has 2 aromatic heterocycles. The molecule has 4 heterocycles. The number of carbonyl (C=O) groups excluding carboxylic acids is 1. The van der Waals surface area contributed by atoms with Gasteiger partial charge in [-0.3, -0.25) is 9.69 Å². The second kappa shape index (κ2) is 10.4. The lowest BCUT2D eigenvalue weighted by Crippen LogP contribution is -2.40. The van der Waals surface area contributed by atoms with E-state index >= 15 is 0 Å². The van der Waals surface area contributed by atoms with Crippen molar-refractivity contribution in [2.24, 2.45) is 0 Å². The molecule has 0 spiro atoms. The largest absolute Gasteiger partial charge is 0.492 e. The number of nitrogen functional groups attached to an aromatic ring is 1. The van der Waals surface area contributed by atoms with Crippen LogP contribution in [0.3, 0.4) is 0 Å². The summed E-state index contributed by atoms with van der Waals surface area (Å²) in [5.74, 6) is 1.13. The molecule has 2 aliphatic heterocycles. The van der Waals surface area contributed by atoms with Crippen molar-refractivity contribution < 1.29 is 14.3 Å². The Kier molecular flexibility index (Phi) is 6.91. The molecule has 1 amide bonds. The number of nitrogens with zero attached hydrogens (tertiary/aromatic N) is 6. The molecule has 10 heteroatoms. The molecule has 10 nitrogen and oxygen atoms in total. The van der Waals surface area contributed by atoms with Gasteiger partial charge < -0.3 is 20.1 Å². The lowest BCUT2D eigenvalue weighted by Gasteiger charge is -2.32. The third-order valence-corrected chi connectivity index (χ3v) is 6.65. The van der Waals surface area contributed by atoms with Crippen molar-refractivity contribution in [3.8, 4) is 17.0 Å². The second-order valence-electron chi connectivity index (χ2n) is 8.86. The molecular formula is C25H31N7O3. The van der Waals surface area contributed by atoms with Crippen LogP contribution in [0.2, 0.25) is 0 Å². The summed E-state index contributed by atoms with van der Waals surface area (Å²) in [6.07, 6.45) is 4.61. The molecule has 0 radical (unpaired) electrons. The number of anilines is 1. The normalized spacial score (nSPS) is 19.1. The summed E-state index contributed by atoms with van der Waals surface area (Å²) >= 11 is 0. The van der Waals surface area contributed by atoms with E-state index in [0.717, 1.165) is 74.6 Å². The molecule has 1 atom stereocenters. The first kappa shape index (κ1) is 23.3. The molecule has 184 valence electrons. The Morgan fingerprint density at radius 3 is 2.77 bits per heavy atom. The molecule has 1 unspecified atom stereocenters. The molecule has 1 aromatic carbocycles. The van der Waals surface area contributed by atoms with E-state index in [4.69, 9.17) is 20.3 Å². The molecule has 0 aliphatic carbocycles. The van der Waals surface area contributed by atoms with E-state index in [1.54, 1.807) is 0 Å². The number of morpholine rings is 1. The minimum Gasteiger partial charge on any atom is -0.492 e. The fourth-order valence-corrected chi connectivity index (χ4v) is 4.76. The van der Waals surface area contributed by atoms with Gasteiger partial charge in [0.05, 0.1) is 24.6 Å². The van der Waals surface area contributed by atoms with Crippen LogP contribution in [0.5, 0.6) is 5.75 Å². The zero-order chi connectivity index (χ0) is 24.2. The summed E-state index contributed by atoms with van der Waals surface area (Å²) in [5, 5.41) is 5.65. The van der Waals surface area contributed by atoms with Gasteiger partial charge in [0.2, 0.25) is 5.91 Å². The van der Waals surface area contributed by atoms with Gasteiger partial charge >= 0.3 is 0 Å². The Hall–Kier alpha value is -3.50. The smallest absolute Gasteiger partial charge is 0.246 e. The summed E-state index contributed by atoms with van der Waals surface area (Å²) in [4.78, 5) is 25.1. The number of ether oxygens (including phenoxy) is 2. The van der Waals surface area contributed by atoms with Crippen molar-refractivity contribution in [3.05, 3.63) is 43.2 Å². The van der Waals surface area contributed by atoms with Gasteiger partial charge in [-0.2, -0.15) is 5.10 Å². The Labute approximate surface area is 204 Å². The SMILES string of the molecule is C=CC(=O)N1CCCC(n2nc(-c3ccc(OCCN4CCOCC4)cc3)c3c(N)ncnc32)C1. The lowest BCUT2D eigenvalue weighted by molar-refractivity contribution is -0.127. The van der Waals surface area contributed by atoms with Crippen molar-refractivity contribution in [1.82, 2.24) is 29.5 Å². The summed E-state index contributed by atoms with van der Waals surface area (Å²) < 4.78 is 13.2. The molecular weight excluding hydrogens is 446 g/mol. The van der Waals surface area contributed by atoms with E-state index in [-0.39, 0.29) is 11.9 Å². The summed E-state index contributed by atoms with van der Waals surface area (Å²) in [5.41, 5.74) is 8.59. The number of rotatable bonds is 7. The molecule has 2 fully saturated rings. The third-order valence-electron chi connectivity index (χ3n) is 6.65. The molecule has 0 bridgehead atoms. The van der Waals surface area contributed by atoms with Gasteiger partial charge in [0, 0.05) is 38.3 Å².